The Hall–Kier alpha value is -1.89. The largest absolute Gasteiger partial charge is 0.260 e. The Morgan fingerprint density at radius 1 is 0.812 bits per heavy atom. The number of hydrogen-bond donors (Lipinski definition) is 0. The van der Waals surface area contributed by atoms with E-state index in [1.165, 1.54) is 11.3 Å². The molecule has 0 N–H and O–H groups in total. The van der Waals surface area contributed by atoms with Crippen LogP contribution in [0.15, 0.2) is 66.9 Å². The van der Waals surface area contributed by atoms with Crippen LogP contribution in [0.25, 0.3) is 0 Å². The molecule has 0 saturated heterocycles. The molecule has 16 heavy (non-hydrogen) atoms. The molecule has 0 bridgehead atoms. The van der Waals surface area contributed by atoms with Gasteiger partial charge in [0.1, 0.15) is 0 Å². The summed E-state index contributed by atoms with van der Waals surface area (Å²) in [6, 6.07) is 4.19. The van der Waals surface area contributed by atoms with Gasteiger partial charge in [0.25, 0.3) is 0 Å². The minimum atomic E-state index is 0.346. The Balaban J connectivity index is 2.03. The minimum absolute atomic E-state index is 0.346. The number of allylic oxidation sites excluding steroid dienone is 8. The van der Waals surface area contributed by atoms with Crippen LogP contribution in [0.1, 0.15) is 23.1 Å². The first kappa shape index (κ1) is 9.34. The van der Waals surface area contributed by atoms with Gasteiger partial charge in [-0.2, -0.15) is 0 Å². The molecular formula is C15H13N. The molecule has 2 aliphatic carbocycles. The Labute approximate surface area is 95.5 Å². The topological polar surface area (TPSA) is 12.9 Å². The van der Waals surface area contributed by atoms with Crippen molar-refractivity contribution in [2.45, 2.75) is 11.8 Å². The zero-order valence-corrected chi connectivity index (χ0v) is 8.95. The van der Waals surface area contributed by atoms with Gasteiger partial charge in [0, 0.05) is 18.0 Å². The van der Waals surface area contributed by atoms with Gasteiger partial charge in [0.15, 0.2) is 0 Å². The molecule has 0 saturated carbocycles. The number of nitrogens with zero attached hydrogens (tertiary/aromatic N) is 1. The summed E-state index contributed by atoms with van der Waals surface area (Å²) in [5, 5.41) is 0. The van der Waals surface area contributed by atoms with Gasteiger partial charge in [-0.3, -0.25) is 4.98 Å². The predicted molar refractivity (Wildman–Crippen MR) is 66.3 cm³/mol. The molecule has 0 atom stereocenters. The van der Waals surface area contributed by atoms with Crippen molar-refractivity contribution in [1.82, 2.24) is 4.98 Å². The second-order valence-corrected chi connectivity index (χ2v) is 4.07. The molecular weight excluding hydrogens is 194 g/mol. The van der Waals surface area contributed by atoms with Gasteiger partial charge in [-0.15, -0.1) is 0 Å². The number of rotatable bonds is 2. The molecule has 78 valence electrons. The third-order valence-electron chi connectivity index (χ3n) is 3.04. The van der Waals surface area contributed by atoms with Crippen LogP contribution in [0.4, 0.5) is 0 Å². The molecule has 0 unspecified atom stereocenters. The van der Waals surface area contributed by atoms with Crippen LogP contribution in [0.5, 0.6) is 0 Å². The van der Waals surface area contributed by atoms with E-state index in [0.717, 1.165) is 0 Å². The van der Waals surface area contributed by atoms with Crippen LogP contribution in [-0.4, -0.2) is 4.98 Å². The fourth-order valence-corrected chi connectivity index (χ4v) is 2.24. The van der Waals surface area contributed by atoms with Gasteiger partial charge < -0.3 is 0 Å². The Bertz CT molecular complexity index is 435. The number of aromatic nitrogens is 1. The normalized spacial score (nSPS) is 19.0. The summed E-state index contributed by atoms with van der Waals surface area (Å²) in [7, 11) is 0. The van der Waals surface area contributed by atoms with Crippen LogP contribution in [0, 0.1) is 0 Å². The lowest BCUT2D eigenvalue weighted by Crippen LogP contribution is -2.02. The van der Waals surface area contributed by atoms with Gasteiger partial charge in [0.05, 0.1) is 5.69 Å². The summed E-state index contributed by atoms with van der Waals surface area (Å²) < 4.78 is 0. The average molecular weight is 207 g/mol. The maximum Gasteiger partial charge on any atom is 0.0551 e. The summed E-state index contributed by atoms with van der Waals surface area (Å²) >= 11 is 0. The molecule has 0 aliphatic heterocycles. The monoisotopic (exact) mass is 207 g/mol. The molecule has 0 radical (unpaired) electrons. The highest BCUT2D eigenvalue weighted by Crippen LogP contribution is 2.31. The van der Waals surface area contributed by atoms with Gasteiger partial charge in [0.2, 0.25) is 0 Å². The van der Waals surface area contributed by atoms with Gasteiger partial charge in [-0.05, 0) is 11.6 Å². The maximum atomic E-state index is 4.54. The molecule has 1 heteroatoms. The Morgan fingerprint density at radius 2 is 1.44 bits per heavy atom. The van der Waals surface area contributed by atoms with E-state index in [0.29, 0.717) is 11.8 Å². The first-order valence-corrected chi connectivity index (χ1v) is 5.60. The summed E-state index contributed by atoms with van der Waals surface area (Å²) in [5.74, 6) is 0.740. The van der Waals surface area contributed by atoms with Gasteiger partial charge in [-0.25, -0.2) is 0 Å². The van der Waals surface area contributed by atoms with Crippen LogP contribution in [0.2, 0.25) is 0 Å². The Kier molecular flexibility index (Phi) is 2.30. The summed E-state index contributed by atoms with van der Waals surface area (Å²) in [4.78, 5) is 4.54. The SMILES string of the molecule is C1=CC(c2cccnc2C2C=CC=C2)C=C1. The second-order valence-electron chi connectivity index (χ2n) is 4.07. The molecule has 1 aromatic rings. The smallest absolute Gasteiger partial charge is 0.0551 e. The standard InChI is InChI=1S/C15H13N/c1-2-7-12(6-1)14-10-5-11-16-15(14)13-8-3-4-9-13/h1-13H. The number of pyridine rings is 1. The third-order valence-corrected chi connectivity index (χ3v) is 3.04. The molecule has 1 aromatic heterocycles. The van der Waals surface area contributed by atoms with E-state index in [1.807, 2.05) is 12.3 Å². The molecule has 2 aliphatic rings. The lowest BCUT2D eigenvalue weighted by Gasteiger charge is -2.14. The van der Waals surface area contributed by atoms with E-state index < -0.39 is 0 Å². The summed E-state index contributed by atoms with van der Waals surface area (Å²) in [6.45, 7) is 0. The van der Waals surface area contributed by atoms with E-state index in [9.17, 15) is 0 Å². The van der Waals surface area contributed by atoms with Crippen LogP contribution < -0.4 is 0 Å². The van der Waals surface area contributed by atoms with Crippen molar-refractivity contribution in [3.05, 3.63) is 78.2 Å². The van der Waals surface area contributed by atoms with Crippen molar-refractivity contribution in [3.63, 3.8) is 0 Å². The molecule has 0 spiro atoms. The molecule has 0 aromatic carbocycles. The average Bonchev–Trinajstić information content (AvgIpc) is 3.03. The third kappa shape index (κ3) is 1.54. The predicted octanol–water partition coefficient (Wildman–Crippen LogP) is 3.50. The van der Waals surface area contributed by atoms with Crippen molar-refractivity contribution >= 4 is 0 Å². The van der Waals surface area contributed by atoms with Crippen molar-refractivity contribution in [2.24, 2.45) is 0 Å². The second kappa shape index (κ2) is 3.93. The maximum absolute atomic E-state index is 4.54. The zero-order valence-electron chi connectivity index (χ0n) is 8.95. The molecule has 0 amide bonds. The van der Waals surface area contributed by atoms with E-state index in [2.05, 4.69) is 59.7 Å². The van der Waals surface area contributed by atoms with Gasteiger partial charge in [-0.1, -0.05) is 54.7 Å². The van der Waals surface area contributed by atoms with E-state index in [4.69, 9.17) is 0 Å². The molecule has 1 heterocycles. The van der Waals surface area contributed by atoms with E-state index in [-0.39, 0.29) is 0 Å². The van der Waals surface area contributed by atoms with Crippen molar-refractivity contribution in [1.29, 1.82) is 0 Å². The van der Waals surface area contributed by atoms with Crippen LogP contribution in [0.3, 0.4) is 0 Å². The highest BCUT2D eigenvalue weighted by Gasteiger charge is 2.17. The Morgan fingerprint density at radius 3 is 2.12 bits per heavy atom. The van der Waals surface area contributed by atoms with Crippen molar-refractivity contribution in [3.8, 4) is 0 Å². The van der Waals surface area contributed by atoms with Crippen molar-refractivity contribution < 1.29 is 0 Å². The quantitative estimate of drug-likeness (QED) is 0.723. The minimum Gasteiger partial charge on any atom is -0.260 e. The fraction of sp³-hybridized carbons (Fsp3) is 0.133. The highest BCUT2D eigenvalue weighted by atomic mass is 14.7. The number of hydrogen-bond acceptors (Lipinski definition) is 1. The molecule has 3 rings (SSSR count). The first-order valence-electron chi connectivity index (χ1n) is 5.60. The summed E-state index contributed by atoms with van der Waals surface area (Å²) in [5.41, 5.74) is 2.49. The molecule has 0 fully saturated rings. The molecule has 1 nitrogen and oxygen atoms in total. The van der Waals surface area contributed by atoms with Gasteiger partial charge >= 0.3 is 0 Å². The van der Waals surface area contributed by atoms with Crippen molar-refractivity contribution in [2.75, 3.05) is 0 Å². The highest BCUT2D eigenvalue weighted by molar-refractivity contribution is 5.42. The fourth-order valence-electron chi connectivity index (χ4n) is 2.24. The first-order chi connectivity index (χ1) is 7.95. The van der Waals surface area contributed by atoms with E-state index >= 15 is 0 Å². The lowest BCUT2D eigenvalue weighted by molar-refractivity contribution is 0.931. The van der Waals surface area contributed by atoms with E-state index in [1.54, 1.807) is 0 Å². The van der Waals surface area contributed by atoms with Crippen LogP contribution >= 0.6 is 0 Å². The zero-order chi connectivity index (χ0) is 10.8. The van der Waals surface area contributed by atoms with Crippen LogP contribution in [-0.2, 0) is 0 Å². The summed E-state index contributed by atoms with van der Waals surface area (Å²) in [6.07, 6.45) is 19.0. The lowest BCUT2D eigenvalue weighted by atomic mass is 9.93.